The van der Waals surface area contributed by atoms with Gasteiger partial charge in [0.25, 0.3) is 0 Å². The minimum Gasteiger partial charge on any atom is -0.379 e. The molecular formula is C30H34ClN3O3. The molecule has 194 valence electrons. The maximum Gasteiger partial charge on any atom is 0.243 e. The first-order valence-corrected chi connectivity index (χ1v) is 13.2. The van der Waals surface area contributed by atoms with Crippen LogP contribution in [0.5, 0.6) is 0 Å². The molecule has 3 aromatic rings. The lowest BCUT2D eigenvalue weighted by molar-refractivity contribution is -0.140. The van der Waals surface area contributed by atoms with E-state index < -0.39 is 6.04 Å². The third kappa shape index (κ3) is 8.42. The van der Waals surface area contributed by atoms with Gasteiger partial charge in [-0.1, -0.05) is 84.4 Å². The third-order valence-corrected chi connectivity index (χ3v) is 6.82. The van der Waals surface area contributed by atoms with Crippen LogP contribution in [-0.4, -0.2) is 67.0 Å². The van der Waals surface area contributed by atoms with E-state index in [1.54, 1.807) is 4.90 Å². The van der Waals surface area contributed by atoms with E-state index in [-0.39, 0.29) is 18.2 Å². The summed E-state index contributed by atoms with van der Waals surface area (Å²) in [7, 11) is 0. The number of carbonyl (C=O) groups is 2. The molecule has 1 fully saturated rings. The van der Waals surface area contributed by atoms with E-state index in [9.17, 15) is 9.59 Å². The van der Waals surface area contributed by atoms with Crippen LogP contribution < -0.4 is 5.32 Å². The summed E-state index contributed by atoms with van der Waals surface area (Å²) in [5.74, 6) is -0.238. The Morgan fingerprint density at radius 1 is 0.865 bits per heavy atom. The number of ether oxygens (including phenoxy) is 1. The SMILES string of the molecule is O=C(NCCN1CCOCC1)[C@H](Cc1ccccc1)N(Cc1ccc(Cl)cc1)C(=O)Cc1ccccc1. The van der Waals surface area contributed by atoms with Crippen molar-refractivity contribution in [1.82, 2.24) is 15.1 Å². The van der Waals surface area contributed by atoms with Crippen LogP contribution in [0.15, 0.2) is 84.9 Å². The highest BCUT2D eigenvalue weighted by atomic mass is 35.5. The van der Waals surface area contributed by atoms with Gasteiger partial charge in [-0.25, -0.2) is 0 Å². The van der Waals surface area contributed by atoms with Gasteiger partial charge in [0.15, 0.2) is 0 Å². The van der Waals surface area contributed by atoms with Gasteiger partial charge in [0, 0.05) is 44.2 Å². The van der Waals surface area contributed by atoms with Crippen LogP contribution in [0.3, 0.4) is 0 Å². The van der Waals surface area contributed by atoms with Gasteiger partial charge >= 0.3 is 0 Å². The Bertz CT molecular complexity index is 1120. The molecule has 0 saturated carbocycles. The second-order valence-electron chi connectivity index (χ2n) is 9.26. The van der Waals surface area contributed by atoms with E-state index in [0.717, 1.165) is 36.3 Å². The predicted molar refractivity (Wildman–Crippen MR) is 146 cm³/mol. The van der Waals surface area contributed by atoms with Gasteiger partial charge in [-0.05, 0) is 28.8 Å². The minimum atomic E-state index is -0.654. The van der Waals surface area contributed by atoms with Crippen molar-refractivity contribution in [2.45, 2.75) is 25.4 Å². The van der Waals surface area contributed by atoms with Crippen LogP contribution in [0.1, 0.15) is 16.7 Å². The highest BCUT2D eigenvalue weighted by Gasteiger charge is 2.30. The predicted octanol–water partition coefficient (Wildman–Crippen LogP) is 3.97. The standard InChI is InChI=1S/C30H34ClN3O3/c31-27-13-11-26(12-14-27)23-34(29(35)22-25-9-5-2-6-10-25)28(21-24-7-3-1-4-8-24)30(36)32-15-16-33-17-19-37-20-18-33/h1-14,28H,15-23H2,(H,32,36)/t28-/m0/s1. The summed E-state index contributed by atoms with van der Waals surface area (Å²) >= 11 is 6.10. The fraction of sp³-hybridized carbons (Fsp3) is 0.333. The minimum absolute atomic E-state index is 0.0922. The van der Waals surface area contributed by atoms with Crippen LogP contribution in [0, 0.1) is 0 Å². The smallest absolute Gasteiger partial charge is 0.243 e. The van der Waals surface area contributed by atoms with Gasteiger partial charge in [-0.2, -0.15) is 0 Å². The number of morpholine rings is 1. The van der Waals surface area contributed by atoms with Crippen LogP contribution >= 0.6 is 11.6 Å². The zero-order valence-corrected chi connectivity index (χ0v) is 21.8. The van der Waals surface area contributed by atoms with Gasteiger partial charge < -0.3 is 15.0 Å². The molecule has 7 heteroatoms. The lowest BCUT2D eigenvalue weighted by atomic mass is 10.0. The summed E-state index contributed by atoms with van der Waals surface area (Å²) in [6.07, 6.45) is 0.652. The van der Waals surface area contributed by atoms with Crippen molar-refractivity contribution in [2.24, 2.45) is 0 Å². The number of halogens is 1. The monoisotopic (exact) mass is 519 g/mol. The molecule has 0 unspecified atom stereocenters. The lowest BCUT2D eigenvalue weighted by Gasteiger charge is -2.32. The first-order valence-electron chi connectivity index (χ1n) is 12.8. The Balaban J connectivity index is 1.56. The molecule has 1 aliphatic heterocycles. The number of nitrogens with zero attached hydrogens (tertiary/aromatic N) is 2. The molecule has 1 N–H and O–H groups in total. The summed E-state index contributed by atoms with van der Waals surface area (Å²) in [5.41, 5.74) is 2.84. The molecule has 2 amide bonds. The van der Waals surface area contributed by atoms with Crippen molar-refractivity contribution in [3.8, 4) is 0 Å². The van der Waals surface area contributed by atoms with Gasteiger partial charge in [0.1, 0.15) is 6.04 Å². The molecule has 1 atom stereocenters. The number of benzene rings is 3. The normalized spacial score (nSPS) is 14.6. The summed E-state index contributed by atoms with van der Waals surface area (Å²) < 4.78 is 5.42. The van der Waals surface area contributed by atoms with Crippen LogP contribution in [0.25, 0.3) is 0 Å². The summed E-state index contributed by atoms with van der Waals surface area (Å²) in [5, 5.41) is 3.74. The Labute approximate surface area is 224 Å². The van der Waals surface area contributed by atoms with E-state index in [0.29, 0.717) is 37.7 Å². The Hall–Kier alpha value is -3.19. The second-order valence-corrected chi connectivity index (χ2v) is 9.70. The molecule has 0 aliphatic carbocycles. The molecule has 0 bridgehead atoms. The number of hydrogen-bond acceptors (Lipinski definition) is 4. The van der Waals surface area contributed by atoms with E-state index in [1.165, 1.54) is 0 Å². The maximum atomic E-state index is 13.7. The molecule has 0 spiro atoms. The van der Waals surface area contributed by atoms with Crippen LogP contribution in [-0.2, 0) is 33.7 Å². The molecular weight excluding hydrogens is 486 g/mol. The number of hydrogen-bond donors (Lipinski definition) is 1. The van der Waals surface area contributed by atoms with Crippen molar-refractivity contribution >= 4 is 23.4 Å². The molecule has 37 heavy (non-hydrogen) atoms. The van der Waals surface area contributed by atoms with E-state index in [1.807, 2.05) is 84.9 Å². The molecule has 3 aromatic carbocycles. The summed E-state index contributed by atoms with van der Waals surface area (Å²) in [6, 6.07) is 26.3. The van der Waals surface area contributed by atoms with Gasteiger partial charge in [-0.15, -0.1) is 0 Å². The zero-order valence-electron chi connectivity index (χ0n) is 21.0. The van der Waals surface area contributed by atoms with Crippen molar-refractivity contribution in [1.29, 1.82) is 0 Å². The number of nitrogens with one attached hydrogen (secondary N) is 1. The Morgan fingerprint density at radius 2 is 1.49 bits per heavy atom. The van der Waals surface area contributed by atoms with Crippen molar-refractivity contribution in [3.63, 3.8) is 0 Å². The molecule has 1 aliphatic rings. The number of carbonyl (C=O) groups excluding carboxylic acids is 2. The highest BCUT2D eigenvalue weighted by molar-refractivity contribution is 6.30. The first kappa shape index (κ1) is 26.9. The molecule has 1 saturated heterocycles. The van der Waals surface area contributed by atoms with Gasteiger partial charge in [0.05, 0.1) is 19.6 Å². The van der Waals surface area contributed by atoms with Crippen molar-refractivity contribution < 1.29 is 14.3 Å². The van der Waals surface area contributed by atoms with Crippen molar-refractivity contribution in [3.05, 3.63) is 107 Å². The molecule has 0 radical (unpaired) electrons. The molecule has 4 rings (SSSR count). The zero-order chi connectivity index (χ0) is 25.9. The average molecular weight is 520 g/mol. The molecule has 0 aromatic heterocycles. The van der Waals surface area contributed by atoms with Crippen LogP contribution in [0.4, 0.5) is 0 Å². The average Bonchev–Trinajstić information content (AvgIpc) is 2.93. The van der Waals surface area contributed by atoms with E-state index >= 15 is 0 Å². The fourth-order valence-corrected chi connectivity index (χ4v) is 4.62. The lowest BCUT2D eigenvalue weighted by Crippen LogP contribution is -2.52. The van der Waals surface area contributed by atoms with E-state index in [2.05, 4.69) is 10.2 Å². The summed E-state index contributed by atoms with van der Waals surface area (Å²) in [6.45, 7) is 4.75. The number of amides is 2. The maximum absolute atomic E-state index is 13.7. The topological polar surface area (TPSA) is 61.9 Å². The Kier molecular flexibility index (Phi) is 10.1. The molecule has 6 nitrogen and oxygen atoms in total. The fourth-order valence-electron chi connectivity index (χ4n) is 4.49. The van der Waals surface area contributed by atoms with Gasteiger partial charge in [0.2, 0.25) is 11.8 Å². The van der Waals surface area contributed by atoms with Crippen LogP contribution in [0.2, 0.25) is 5.02 Å². The highest BCUT2D eigenvalue weighted by Crippen LogP contribution is 2.18. The Morgan fingerprint density at radius 3 is 2.14 bits per heavy atom. The molecule has 1 heterocycles. The first-order chi connectivity index (χ1) is 18.1. The largest absolute Gasteiger partial charge is 0.379 e. The van der Waals surface area contributed by atoms with Crippen molar-refractivity contribution in [2.75, 3.05) is 39.4 Å². The third-order valence-electron chi connectivity index (χ3n) is 6.57. The van der Waals surface area contributed by atoms with E-state index in [4.69, 9.17) is 16.3 Å². The quantitative estimate of drug-likeness (QED) is 0.416. The van der Waals surface area contributed by atoms with Gasteiger partial charge in [-0.3, -0.25) is 14.5 Å². The second kappa shape index (κ2) is 13.9. The summed E-state index contributed by atoms with van der Waals surface area (Å²) in [4.78, 5) is 31.4. The number of rotatable bonds is 11.